The summed E-state index contributed by atoms with van der Waals surface area (Å²) in [7, 11) is 0. The predicted molar refractivity (Wildman–Crippen MR) is 96.6 cm³/mol. The van der Waals surface area contributed by atoms with Crippen molar-refractivity contribution in [1.82, 2.24) is 19.7 Å². The van der Waals surface area contributed by atoms with Crippen LogP contribution in [0.3, 0.4) is 0 Å². The summed E-state index contributed by atoms with van der Waals surface area (Å²) in [6.07, 6.45) is 1.32. The van der Waals surface area contributed by atoms with Crippen LogP contribution in [0.5, 0.6) is 0 Å². The molecule has 150 valence electrons. The minimum Gasteiger partial charge on any atom is -0.394 e. The second kappa shape index (κ2) is 6.37. The molecular weight excluding hydrogens is 371 g/mol. The van der Waals surface area contributed by atoms with Crippen LogP contribution in [0.15, 0.2) is 23.6 Å². The zero-order chi connectivity index (χ0) is 20.3. The quantitative estimate of drug-likeness (QED) is 0.810. The molecule has 0 aromatic carbocycles. The molecule has 2 heterocycles. The number of fused-ring (bicyclic) bond motifs is 3. The van der Waals surface area contributed by atoms with Gasteiger partial charge >= 0.3 is 6.18 Å². The minimum absolute atomic E-state index is 0.150. The van der Waals surface area contributed by atoms with Crippen molar-refractivity contribution in [3.05, 3.63) is 35.5 Å². The van der Waals surface area contributed by atoms with Crippen molar-refractivity contribution in [2.24, 2.45) is 16.3 Å². The van der Waals surface area contributed by atoms with Gasteiger partial charge in [-0.1, -0.05) is 20.8 Å². The van der Waals surface area contributed by atoms with Gasteiger partial charge in [0, 0.05) is 23.9 Å². The van der Waals surface area contributed by atoms with E-state index in [1.165, 1.54) is 23.3 Å². The minimum atomic E-state index is -4.68. The van der Waals surface area contributed by atoms with E-state index >= 15 is 0 Å². The van der Waals surface area contributed by atoms with Gasteiger partial charge in [-0.3, -0.25) is 9.98 Å². The number of aromatic nitrogens is 4. The second-order valence-corrected chi connectivity index (χ2v) is 8.53. The van der Waals surface area contributed by atoms with Gasteiger partial charge in [0.05, 0.1) is 24.5 Å². The Hall–Kier alpha value is -2.29. The van der Waals surface area contributed by atoms with E-state index in [0.29, 0.717) is 23.7 Å². The maximum Gasteiger partial charge on any atom is 0.435 e. The van der Waals surface area contributed by atoms with E-state index < -0.39 is 30.0 Å². The van der Waals surface area contributed by atoms with Crippen molar-refractivity contribution in [2.45, 2.75) is 51.7 Å². The highest BCUT2D eigenvalue weighted by Crippen LogP contribution is 2.57. The fraction of sp³-hybridized carbons (Fsp3) is 0.579. The number of aliphatic hydroxyl groups is 1. The summed E-state index contributed by atoms with van der Waals surface area (Å²) in [5.74, 6) is 0.970. The Balaban J connectivity index is 1.88. The van der Waals surface area contributed by atoms with Gasteiger partial charge in [-0.15, -0.1) is 0 Å². The van der Waals surface area contributed by atoms with Crippen molar-refractivity contribution in [2.75, 3.05) is 6.61 Å². The zero-order valence-corrected chi connectivity index (χ0v) is 15.9. The Labute approximate surface area is 160 Å². The number of alkyl halides is 3. The molecule has 0 aliphatic heterocycles. The number of aliphatic imine (C=N–C) groups is 1. The third-order valence-corrected chi connectivity index (χ3v) is 5.48. The van der Waals surface area contributed by atoms with Gasteiger partial charge in [0.25, 0.3) is 0 Å². The Morgan fingerprint density at radius 3 is 2.64 bits per heavy atom. The maximum absolute atomic E-state index is 14.0. The van der Waals surface area contributed by atoms with Crippen LogP contribution in [0.4, 0.5) is 13.2 Å². The molecule has 9 heteroatoms. The molecule has 6 nitrogen and oxygen atoms in total. The molecule has 4 rings (SSSR count). The van der Waals surface area contributed by atoms with Crippen LogP contribution in [0, 0.1) is 11.3 Å². The van der Waals surface area contributed by atoms with Crippen molar-refractivity contribution >= 4 is 5.71 Å². The average Bonchev–Trinajstić information content (AvgIpc) is 3.12. The molecule has 1 saturated carbocycles. The fourth-order valence-corrected chi connectivity index (χ4v) is 3.81. The van der Waals surface area contributed by atoms with Crippen LogP contribution in [-0.2, 0) is 6.42 Å². The van der Waals surface area contributed by atoms with Crippen LogP contribution in [0.2, 0.25) is 0 Å². The first-order valence-electron chi connectivity index (χ1n) is 9.25. The Morgan fingerprint density at radius 2 is 2.07 bits per heavy atom. The second-order valence-electron chi connectivity index (χ2n) is 8.53. The first-order valence-corrected chi connectivity index (χ1v) is 9.25. The summed E-state index contributed by atoms with van der Waals surface area (Å²) in [6.45, 7) is 4.79. The standard InChI is InChI=1S/C19H22F3N5O/c1-18(2,3)13(9-28)25-17(19(20,21)22)15-12-7-10-6-11(10)16(12)27(26-15)14-8-23-4-5-24-14/h4-5,8,10-11,13,28H,6-7,9H2,1-3H3/b25-17+/t10-,11-,13?/m0/s1. The van der Waals surface area contributed by atoms with E-state index in [1.54, 1.807) is 20.8 Å². The van der Waals surface area contributed by atoms with E-state index in [-0.39, 0.29) is 11.6 Å². The molecule has 1 N–H and O–H groups in total. The SMILES string of the molecule is CC(C)(C)C(CO)/N=C(\c1nn(-c2cnccn2)c2c1C[C@@H]1C[C@H]21)C(F)(F)F. The van der Waals surface area contributed by atoms with Crippen LogP contribution in [0.1, 0.15) is 50.1 Å². The van der Waals surface area contributed by atoms with Gasteiger partial charge in [0.2, 0.25) is 0 Å². The lowest BCUT2D eigenvalue weighted by Crippen LogP contribution is -2.34. The predicted octanol–water partition coefficient (Wildman–Crippen LogP) is 3.08. The van der Waals surface area contributed by atoms with Crippen LogP contribution < -0.4 is 0 Å². The summed E-state index contributed by atoms with van der Waals surface area (Å²) in [5, 5.41) is 13.9. The zero-order valence-electron chi connectivity index (χ0n) is 15.9. The number of halogens is 3. The third kappa shape index (κ3) is 3.21. The topological polar surface area (TPSA) is 76.2 Å². The molecule has 0 amide bonds. The molecule has 0 saturated heterocycles. The Bertz CT molecular complexity index is 914. The molecule has 0 radical (unpaired) electrons. The van der Waals surface area contributed by atoms with Gasteiger partial charge in [-0.05, 0) is 24.2 Å². The molecule has 2 aromatic rings. The summed E-state index contributed by atoms with van der Waals surface area (Å²) in [6, 6.07) is -0.891. The van der Waals surface area contributed by atoms with Crippen LogP contribution in [-0.4, -0.2) is 49.4 Å². The summed E-state index contributed by atoms with van der Waals surface area (Å²) >= 11 is 0. The smallest absolute Gasteiger partial charge is 0.394 e. The maximum atomic E-state index is 14.0. The third-order valence-electron chi connectivity index (χ3n) is 5.48. The van der Waals surface area contributed by atoms with Crippen LogP contribution in [0.25, 0.3) is 5.82 Å². The molecule has 3 atom stereocenters. The Kier molecular flexibility index (Phi) is 4.33. The molecule has 2 aliphatic carbocycles. The molecule has 2 aromatic heterocycles. The van der Waals surface area contributed by atoms with Gasteiger partial charge < -0.3 is 5.11 Å². The van der Waals surface area contributed by atoms with Gasteiger partial charge in [0.15, 0.2) is 11.5 Å². The largest absolute Gasteiger partial charge is 0.435 e. The van der Waals surface area contributed by atoms with Crippen molar-refractivity contribution < 1.29 is 18.3 Å². The van der Waals surface area contributed by atoms with Crippen molar-refractivity contribution in [3.8, 4) is 5.82 Å². The highest BCUT2D eigenvalue weighted by molar-refractivity contribution is 6.04. The van der Waals surface area contributed by atoms with E-state index in [9.17, 15) is 18.3 Å². The molecule has 1 unspecified atom stereocenters. The molecule has 0 bridgehead atoms. The number of hydrogen-bond donors (Lipinski definition) is 1. The molecule has 0 spiro atoms. The number of nitrogens with zero attached hydrogens (tertiary/aromatic N) is 5. The van der Waals surface area contributed by atoms with Gasteiger partial charge in [-0.25, -0.2) is 9.67 Å². The molecule has 28 heavy (non-hydrogen) atoms. The summed E-state index contributed by atoms with van der Waals surface area (Å²) in [4.78, 5) is 12.2. The van der Waals surface area contributed by atoms with Gasteiger partial charge in [0.1, 0.15) is 5.69 Å². The van der Waals surface area contributed by atoms with Crippen molar-refractivity contribution in [1.29, 1.82) is 0 Å². The highest BCUT2D eigenvalue weighted by Gasteiger charge is 2.52. The molecular formula is C19H22F3N5O. The lowest BCUT2D eigenvalue weighted by molar-refractivity contribution is -0.0589. The summed E-state index contributed by atoms with van der Waals surface area (Å²) in [5.41, 5.74) is -0.420. The first-order chi connectivity index (χ1) is 13.1. The normalized spacial score (nSPS) is 22.8. The van der Waals surface area contributed by atoms with Crippen LogP contribution >= 0.6 is 0 Å². The number of aliphatic hydroxyl groups excluding tert-OH is 1. The Morgan fingerprint density at radius 1 is 1.32 bits per heavy atom. The summed E-state index contributed by atoms with van der Waals surface area (Å²) < 4.78 is 43.5. The van der Waals surface area contributed by atoms with E-state index in [0.717, 1.165) is 12.1 Å². The first kappa shape index (κ1) is 19.0. The number of hydrogen-bond acceptors (Lipinski definition) is 5. The average molecular weight is 393 g/mol. The van der Waals surface area contributed by atoms with Crippen molar-refractivity contribution in [3.63, 3.8) is 0 Å². The fourth-order valence-electron chi connectivity index (χ4n) is 3.81. The van der Waals surface area contributed by atoms with E-state index in [2.05, 4.69) is 20.1 Å². The van der Waals surface area contributed by atoms with E-state index in [1.807, 2.05) is 0 Å². The highest BCUT2D eigenvalue weighted by atomic mass is 19.4. The lowest BCUT2D eigenvalue weighted by Gasteiger charge is -2.26. The number of rotatable bonds is 4. The monoisotopic (exact) mass is 393 g/mol. The molecule has 1 fully saturated rings. The lowest BCUT2D eigenvalue weighted by atomic mass is 9.87. The van der Waals surface area contributed by atoms with E-state index in [4.69, 9.17) is 0 Å². The van der Waals surface area contributed by atoms with Gasteiger partial charge in [-0.2, -0.15) is 18.3 Å². The molecule has 2 aliphatic rings.